The van der Waals surface area contributed by atoms with Gasteiger partial charge >= 0.3 is 0 Å². The Morgan fingerprint density at radius 1 is 1.00 bits per heavy atom. The Kier molecular flexibility index (Phi) is 7.17. The summed E-state index contributed by atoms with van der Waals surface area (Å²) >= 11 is 0. The van der Waals surface area contributed by atoms with Gasteiger partial charge in [0.1, 0.15) is 18.3 Å². The molecule has 148 valence electrons. The van der Waals surface area contributed by atoms with Crippen LogP contribution < -0.4 is 11.5 Å². The number of aliphatic hydroxyl groups is 3. The molecule has 1 aliphatic heterocycles. The molecule has 0 aromatic rings. The van der Waals surface area contributed by atoms with Gasteiger partial charge in [-0.25, -0.2) is 0 Å². The first-order valence-electron chi connectivity index (χ1n) is 8.68. The van der Waals surface area contributed by atoms with Gasteiger partial charge in [-0.1, -0.05) is 0 Å². The first-order chi connectivity index (χ1) is 11.7. The van der Waals surface area contributed by atoms with E-state index in [0.29, 0.717) is 6.42 Å². The Balaban J connectivity index is 0.000000181. The minimum atomic E-state index is -0.924. The lowest BCUT2D eigenvalue weighted by atomic mass is 10.2. The van der Waals surface area contributed by atoms with Crippen molar-refractivity contribution < 1.29 is 34.3 Å². The number of hydrogen-bond acceptors (Lipinski definition) is 9. The molecule has 9 nitrogen and oxygen atoms in total. The fourth-order valence-corrected chi connectivity index (χ4v) is 3.59. The number of nitrogens with two attached hydrogens (primary N) is 2. The summed E-state index contributed by atoms with van der Waals surface area (Å²) in [5.41, 5.74) is 11.4. The second kappa shape index (κ2) is 8.55. The van der Waals surface area contributed by atoms with Crippen LogP contribution in [0.1, 0.15) is 26.7 Å². The van der Waals surface area contributed by atoms with Crippen LogP contribution in [-0.2, 0) is 18.9 Å². The van der Waals surface area contributed by atoms with Gasteiger partial charge in [-0.15, -0.1) is 0 Å². The van der Waals surface area contributed by atoms with Gasteiger partial charge in [0.15, 0.2) is 5.79 Å². The Morgan fingerprint density at radius 3 is 2.12 bits per heavy atom. The van der Waals surface area contributed by atoms with E-state index < -0.39 is 30.1 Å². The number of hydrogen-bond donors (Lipinski definition) is 5. The van der Waals surface area contributed by atoms with E-state index in [-0.39, 0.29) is 37.6 Å². The lowest BCUT2D eigenvalue weighted by Gasteiger charge is -2.21. The highest BCUT2D eigenvalue weighted by Crippen LogP contribution is 2.38. The average molecular weight is 364 g/mol. The van der Waals surface area contributed by atoms with Crippen molar-refractivity contribution in [2.75, 3.05) is 20.3 Å². The van der Waals surface area contributed by atoms with Crippen molar-refractivity contribution in [3.63, 3.8) is 0 Å². The van der Waals surface area contributed by atoms with Crippen LogP contribution in [0.4, 0.5) is 0 Å². The van der Waals surface area contributed by atoms with Crippen LogP contribution in [-0.4, -0.2) is 90.1 Å². The molecule has 3 aliphatic rings. The number of fused-ring (bicyclic) bond motifs is 1. The van der Waals surface area contributed by atoms with Crippen LogP contribution in [0.25, 0.3) is 0 Å². The molecule has 1 saturated heterocycles. The second-order valence-electron chi connectivity index (χ2n) is 7.25. The third-order valence-electron chi connectivity index (χ3n) is 4.86. The first-order valence-corrected chi connectivity index (χ1v) is 8.68. The van der Waals surface area contributed by atoms with Crippen LogP contribution in [0.15, 0.2) is 0 Å². The van der Waals surface area contributed by atoms with Crippen molar-refractivity contribution >= 4 is 0 Å². The quantitative estimate of drug-likeness (QED) is 0.384. The van der Waals surface area contributed by atoms with Crippen molar-refractivity contribution in [1.82, 2.24) is 0 Å². The van der Waals surface area contributed by atoms with E-state index in [2.05, 4.69) is 0 Å². The van der Waals surface area contributed by atoms with Crippen LogP contribution in [0, 0.1) is 0 Å². The summed E-state index contributed by atoms with van der Waals surface area (Å²) < 4.78 is 21.8. The fraction of sp³-hybridized carbons (Fsp3) is 1.00. The highest BCUT2D eigenvalue weighted by atomic mass is 16.8. The standard InChI is InChI=1S/C9H17NO3.C7H15NO4/c1-9(2)12-7-5(10)4-6(11-3)8(7)13-9;8-4-3-5(12-2-1-9)7(11)6(4)10/h5-8H,4,10H2,1-3H3;4-7,9-11H,1-3,8H2/t5-,6+,7+,8-;4-,5+,6+,7-/m11/s1. The van der Waals surface area contributed by atoms with Crippen LogP contribution >= 0.6 is 0 Å². The SMILES string of the molecule is CO[C@H]1C[C@@H](N)[C@@H]2OC(C)(C)O[C@@H]21.N[C@@H]1C[C@H](OCCO)[C@@H](O)[C@H]1O. The van der Waals surface area contributed by atoms with Crippen LogP contribution in [0.5, 0.6) is 0 Å². The largest absolute Gasteiger partial charge is 0.394 e. The Morgan fingerprint density at radius 2 is 1.60 bits per heavy atom. The van der Waals surface area contributed by atoms with Gasteiger partial charge in [0.25, 0.3) is 0 Å². The highest BCUT2D eigenvalue weighted by Gasteiger charge is 2.53. The second-order valence-corrected chi connectivity index (χ2v) is 7.25. The maximum Gasteiger partial charge on any atom is 0.163 e. The monoisotopic (exact) mass is 364 g/mol. The normalized spacial score (nSPS) is 45.1. The molecule has 0 radical (unpaired) electrons. The van der Waals surface area contributed by atoms with Crippen LogP contribution in [0.3, 0.4) is 0 Å². The van der Waals surface area contributed by atoms with Crippen molar-refractivity contribution in [3.05, 3.63) is 0 Å². The fourth-order valence-electron chi connectivity index (χ4n) is 3.59. The zero-order valence-corrected chi connectivity index (χ0v) is 15.1. The molecule has 25 heavy (non-hydrogen) atoms. The van der Waals surface area contributed by atoms with Gasteiger partial charge in [0.2, 0.25) is 0 Å². The number of rotatable bonds is 4. The molecule has 0 unspecified atom stereocenters. The van der Waals surface area contributed by atoms with E-state index in [0.717, 1.165) is 6.42 Å². The zero-order valence-electron chi connectivity index (χ0n) is 15.1. The van der Waals surface area contributed by atoms with E-state index in [1.807, 2.05) is 13.8 Å². The smallest absolute Gasteiger partial charge is 0.163 e. The van der Waals surface area contributed by atoms with E-state index in [1.165, 1.54) is 0 Å². The topological polar surface area (TPSA) is 150 Å². The maximum atomic E-state index is 9.32. The molecule has 0 bridgehead atoms. The molecule has 0 spiro atoms. The zero-order chi connectivity index (χ0) is 18.8. The molecule has 8 atom stereocenters. The third-order valence-corrected chi connectivity index (χ3v) is 4.86. The molecule has 0 aromatic heterocycles. The summed E-state index contributed by atoms with van der Waals surface area (Å²) in [6.45, 7) is 3.89. The molecule has 3 fully saturated rings. The Labute approximate surface area is 148 Å². The first kappa shape index (κ1) is 20.9. The minimum Gasteiger partial charge on any atom is -0.394 e. The molecular formula is C16H32N2O7. The number of methoxy groups -OCH3 is 1. The lowest BCUT2D eigenvalue weighted by molar-refractivity contribution is -0.165. The Bertz CT molecular complexity index is 425. The van der Waals surface area contributed by atoms with Crippen molar-refractivity contribution in [2.24, 2.45) is 11.5 Å². The molecule has 2 saturated carbocycles. The van der Waals surface area contributed by atoms with Crippen molar-refractivity contribution in [1.29, 1.82) is 0 Å². The van der Waals surface area contributed by atoms with Gasteiger partial charge in [-0.3, -0.25) is 0 Å². The van der Waals surface area contributed by atoms with Gasteiger partial charge in [-0.05, 0) is 26.7 Å². The minimum absolute atomic E-state index is 0.0000463. The molecule has 2 aliphatic carbocycles. The third kappa shape index (κ3) is 4.88. The summed E-state index contributed by atoms with van der Waals surface area (Å²) in [6, 6.07) is -0.389. The molecule has 0 amide bonds. The van der Waals surface area contributed by atoms with E-state index in [4.69, 9.17) is 35.5 Å². The summed E-state index contributed by atoms with van der Waals surface area (Å²) in [7, 11) is 1.69. The Hall–Kier alpha value is -0.360. The maximum absolute atomic E-state index is 9.32. The van der Waals surface area contributed by atoms with Gasteiger partial charge in [0, 0.05) is 19.2 Å². The van der Waals surface area contributed by atoms with E-state index in [9.17, 15) is 10.2 Å². The summed E-state index contributed by atoms with van der Waals surface area (Å²) in [4.78, 5) is 0. The van der Waals surface area contributed by atoms with E-state index in [1.54, 1.807) is 7.11 Å². The molecular weight excluding hydrogens is 332 g/mol. The number of aliphatic hydroxyl groups excluding tert-OH is 3. The lowest BCUT2D eigenvalue weighted by Crippen LogP contribution is -2.36. The van der Waals surface area contributed by atoms with Gasteiger partial charge in [0.05, 0.1) is 31.5 Å². The van der Waals surface area contributed by atoms with Gasteiger partial charge < -0.3 is 45.7 Å². The molecule has 1 heterocycles. The van der Waals surface area contributed by atoms with Crippen molar-refractivity contribution in [2.45, 2.75) is 81.2 Å². The molecule has 7 N–H and O–H groups in total. The average Bonchev–Trinajstić information content (AvgIpc) is 3.12. The number of ether oxygens (including phenoxy) is 4. The van der Waals surface area contributed by atoms with E-state index >= 15 is 0 Å². The molecule has 9 heteroatoms. The summed E-state index contributed by atoms with van der Waals surface area (Å²) in [5, 5.41) is 27.0. The summed E-state index contributed by atoms with van der Waals surface area (Å²) in [5.74, 6) is -0.510. The predicted molar refractivity (Wildman–Crippen MR) is 88.6 cm³/mol. The van der Waals surface area contributed by atoms with Gasteiger partial charge in [-0.2, -0.15) is 0 Å². The predicted octanol–water partition coefficient (Wildman–Crippen LogP) is -1.93. The van der Waals surface area contributed by atoms with Crippen LogP contribution in [0.2, 0.25) is 0 Å². The highest BCUT2D eigenvalue weighted by molar-refractivity contribution is 5.01. The summed E-state index contributed by atoms with van der Waals surface area (Å²) in [6.07, 6.45) is -0.927. The van der Waals surface area contributed by atoms with Crippen molar-refractivity contribution in [3.8, 4) is 0 Å². The molecule has 0 aromatic carbocycles. The molecule has 3 rings (SSSR count).